The van der Waals surface area contributed by atoms with E-state index in [1.807, 2.05) is 0 Å². The first-order valence-electron chi connectivity index (χ1n) is 5.55. The van der Waals surface area contributed by atoms with Crippen LogP contribution in [0.1, 0.15) is 42.6 Å². The molecule has 0 unspecified atom stereocenters. The van der Waals surface area contributed by atoms with Gasteiger partial charge >= 0.3 is 0 Å². The van der Waals surface area contributed by atoms with Gasteiger partial charge in [-0.25, -0.2) is 0 Å². The Morgan fingerprint density at radius 2 is 2.25 bits per heavy atom. The average molecular weight is 243 g/mol. The average Bonchev–Trinajstić information content (AvgIpc) is 2.84. The molecule has 88 valence electrons. The number of hydrogen-bond acceptors (Lipinski definition) is 3. The predicted molar refractivity (Wildman–Crippen MR) is 60.5 cm³/mol. The number of nitrogens with one attached hydrogen (secondary N) is 1. The second-order valence-electron chi connectivity index (χ2n) is 4.31. The summed E-state index contributed by atoms with van der Waals surface area (Å²) in [5.41, 5.74) is 0.0607. The van der Waals surface area contributed by atoms with Gasteiger partial charge in [-0.05, 0) is 12.8 Å². The monoisotopic (exact) mass is 242 g/mol. The number of aromatic nitrogens is 1. The van der Waals surface area contributed by atoms with Crippen molar-refractivity contribution in [2.24, 2.45) is 0 Å². The van der Waals surface area contributed by atoms with Gasteiger partial charge in [0.05, 0.1) is 5.54 Å². The van der Waals surface area contributed by atoms with E-state index in [-0.39, 0.29) is 11.4 Å². The van der Waals surface area contributed by atoms with Gasteiger partial charge in [0.15, 0.2) is 5.69 Å². The molecule has 16 heavy (non-hydrogen) atoms. The highest BCUT2D eigenvalue weighted by molar-refractivity contribution is 6.18. The lowest BCUT2D eigenvalue weighted by Gasteiger charge is -2.36. The lowest BCUT2D eigenvalue weighted by atomic mass is 9.83. The summed E-state index contributed by atoms with van der Waals surface area (Å²) in [4.78, 5) is 11.8. The largest absolute Gasteiger partial charge is 0.364 e. The van der Waals surface area contributed by atoms with E-state index in [0.29, 0.717) is 11.6 Å². The molecule has 0 atom stereocenters. The minimum Gasteiger partial charge on any atom is -0.364 e. The number of halogens is 1. The smallest absolute Gasteiger partial charge is 0.273 e. The van der Waals surface area contributed by atoms with Crippen molar-refractivity contribution < 1.29 is 9.32 Å². The molecule has 0 aromatic carbocycles. The van der Waals surface area contributed by atoms with E-state index in [1.165, 1.54) is 12.7 Å². The van der Waals surface area contributed by atoms with Crippen LogP contribution >= 0.6 is 11.6 Å². The van der Waals surface area contributed by atoms with E-state index >= 15 is 0 Å². The molecule has 1 heterocycles. The lowest BCUT2D eigenvalue weighted by Crippen LogP contribution is -2.51. The SMILES string of the molecule is O=C(NC1(CCl)CCCCC1)c1ccon1. The number of rotatable bonds is 3. The van der Waals surface area contributed by atoms with Crippen LogP contribution < -0.4 is 5.32 Å². The Kier molecular flexibility index (Phi) is 3.49. The van der Waals surface area contributed by atoms with Crippen molar-refractivity contribution in [2.45, 2.75) is 37.6 Å². The van der Waals surface area contributed by atoms with Gasteiger partial charge in [0, 0.05) is 11.9 Å². The van der Waals surface area contributed by atoms with Gasteiger partial charge in [0.1, 0.15) is 6.26 Å². The van der Waals surface area contributed by atoms with Crippen molar-refractivity contribution in [1.82, 2.24) is 10.5 Å². The van der Waals surface area contributed by atoms with Crippen molar-refractivity contribution in [1.29, 1.82) is 0 Å². The molecule has 0 aliphatic heterocycles. The Labute approximate surface area is 99.3 Å². The fraction of sp³-hybridized carbons (Fsp3) is 0.636. The molecule has 0 spiro atoms. The Morgan fingerprint density at radius 3 is 2.81 bits per heavy atom. The highest BCUT2D eigenvalue weighted by atomic mass is 35.5. The summed E-state index contributed by atoms with van der Waals surface area (Å²) in [7, 11) is 0. The Bertz CT molecular complexity index is 345. The van der Waals surface area contributed by atoms with Crippen molar-refractivity contribution in [3.05, 3.63) is 18.0 Å². The zero-order valence-electron chi connectivity index (χ0n) is 9.04. The Balaban J connectivity index is 2.03. The van der Waals surface area contributed by atoms with Crippen LogP contribution in [0, 0.1) is 0 Å². The first kappa shape index (κ1) is 11.5. The van der Waals surface area contributed by atoms with E-state index in [9.17, 15) is 4.79 Å². The predicted octanol–water partition coefficient (Wildman–Crippen LogP) is 2.35. The molecule has 2 rings (SSSR count). The van der Waals surface area contributed by atoms with E-state index < -0.39 is 0 Å². The van der Waals surface area contributed by atoms with Crippen LogP contribution in [0.25, 0.3) is 0 Å². The third-order valence-electron chi connectivity index (χ3n) is 3.12. The van der Waals surface area contributed by atoms with Gasteiger partial charge in [-0.15, -0.1) is 11.6 Å². The molecule has 0 bridgehead atoms. The molecule has 4 nitrogen and oxygen atoms in total. The highest BCUT2D eigenvalue weighted by Gasteiger charge is 2.33. The molecular formula is C11H15ClN2O2. The number of amides is 1. The molecule has 1 aromatic heterocycles. The first-order valence-corrected chi connectivity index (χ1v) is 6.08. The molecule has 0 saturated heterocycles. The minimum absolute atomic E-state index is 0.198. The van der Waals surface area contributed by atoms with Crippen molar-refractivity contribution in [3.8, 4) is 0 Å². The molecule has 0 radical (unpaired) electrons. The maximum atomic E-state index is 11.8. The third kappa shape index (κ3) is 2.38. The molecule has 1 fully saturated rings. The summed E-state index contributed by atoms with van der Waals surface area (Å²) < 4.78 is 4.65. The summed E-state index contributed by atoms with van der Waals surface area (Å²) in [5, 5.41) is 6.61. The summed E-state index contributed by atoms with van der Waals surface area (Å²) >= 11 is 5.98. The topological polar surface area (TPSA) is 55.1 Å². The van der Waals surface area contributed by atoms with Crippen LogP contribution in [0.15, 0.2) is 16.9 Å². The number of hydrogen-bond donors (Lipinski definition) is 1. The van der Waals surface area contributed by atoms with Gasteiger partial charge in [0.2, 0.25) is 0 Å². The zero-order chi connectivity index (χ0) is 11.4. The van der Waals surface area contributed by atoms with E-state index in [2.05, 4.69) is 15.0 Å². The van der Waals surface area contributed by atoms with Gasteiger partial charge in [-0.1, -0.05) is 24.4 Å². The maximum absolute atomic E-state index is 11.8. The maximum Gasteiger partial charge on any atom is 0.273 e. The second kappa shape index (κ2) is 4.87. The van der Waals surface area contributed by atoms with Crippen LogP contribution in [0.5, 0.6) is 0 Å². The molecule has 1 aliphatic carbocycles. The molecule has 1 saturated carbocycles. The molecule has 1 amide bonds. The molecule has 1 aliphatic rings. The van der Waals surface area contributed by atoms with Gasteiger partial charge in [0.25, 0.3) is 5.91 Å². The van der Waals surface area contributed by atoms with Crippen LogP contribution in [-0.4, -0.2) is 22.5 Å². The lowest BCUT2D eigenvalue weighted by molar-refractivity contribution is 0.0875. The van der Waals surface area contributed by atoms with Crippen LogP contribution in [0.4, 0.5) is 0 Å². The summed E-state index contributed by atoms with van der Waals surface area (Å²) in [6, 6.07) is 1.56. The summed E-state index contributed by atoms with van der Waals surface area (Å²) in [5.74, 6) is 0.257. The van der Waals surface area contributed by atoms with Gasteiger partial charge < -0.3 is 9.84 Å². The highest BCUT2D eigenvalue weighted by Crippen LogP contribution is 2.29. The number of carbonyl (C=O) groups is 1. The molecule has 5 heteroatoms. The molecule has 1 N–H and O–H groups in total. The van der Waals surface area contributed by atoms with Gasteiger partial charge in [-0.2, -0.15) is 0 Å². The fourth-order valence-electron chi connectivity index (χ4n) is 2.16. The molecular weight excluding hydrogens is 228 g/mol. The third-order valence-corrected chi connectivity index (χ3v) is 3.63. The van der Waals surface area contributed by atoms with Crippen LogP contribution in [0.2, 0.25) is 0 Å². The van der Waals surface area contributed by atoms with Crippen LogP contribution in [-0.2, 0) is 0 Å². The zero-order valence-corrected chi connectivity index (χ0v) is 9.79. The molecule has 1 aromatic rings. The van der Waals surface area contributed by atoms with Crippen LogP contribution in [0.3, 0.4) is 0 Å². The Morgan fingerprint density at radius 1 is 1.50 bits per heavy atom. The van der Waals surface area contributed by atoms with Crippen molar-refractivity contribution in [3.63, 3.8) is 0 Å². The first-order chi connectivity index (χ1) is 7.76. The standard InChI is InChI=1S/C11H15ClN2O2/c12-8-11(5-2-1-3-6-11)13-10(15)9-4-7-16-14-9/h4,7H,1-3,5-6,8H2,(H,13,15). The normalized spacial score (nSPS) is 19.3. The van der Waals surface area contributed by atoms with E-state index in [4.69, 9.17) is 11.6 Å². The Hall–Kier alpha value is -1.03. The number of nitrogens with zero attached hydrogens (tertiary/aromatic N) is 1. The summed E-state index contributed by atoms with van der Waals surface area (Å²) in [6.07, 6.45) is 6.74. The van der Waals surface area contributed by atoms with Crippen molar-refractivity contribution >= 4 is 17.5 Å². The second-order valence-corrected chi connectivity index (χ2v) is 4.58. The number of carbonyl (C=O) groups excluding carboxylic acids is 1. The van der Waals surface area contributed by atoms with Gasteiger partial charge in [-0.3, -0.25) is 4.79 Å². The minimum atomic E-state index is -0.254. The van der Waals surface area contributed by atoms with Crippen molar-refractivity contribution in [2.75, 3.05) is 5.88 Å². The summed E-state index contributed by atoms with van der Waals surface area (Å²) in [6.45, 7) is 0. The number of alkyl halides is 1. The van der Waals surface area contributed by atoms with E-state index in [1.54, 1.807) is 6.07 Å². The quantitative estimate of drug-likeness (QED) is 0.828. The van der Waals surface area contributed by atoms with E-state index in [0.717, 1.165) is 25.7 Å². The fourth-order valence-corrected chi connectivity index (χ4v) is 2.49.